The fraction of sp³-hybridized carbons (Fsp3) is 0.207. The third-order valence-corrected chi connectivity index (χ3v) is 6.29. The molecule has 5 nitrogen and oxygen atoms in total. The molecule has 0 amide bonds. The molecule has 172 valence electrons. The molecule has 1 aliphatic rings. The number of carbonyl (C=O) groups is 1. The van der Waals surface area contributed by atoms with Gasteiger partial charge in [0, 0.05) is 35.3 Å². The fourth-order valence-corrected chi connectivity index (χ4v) is 4.32. The maximum atomic E-state index is 13.0. The molecular formula is C29H27NO4. The van der Waals surface area contributed by atoms with Gasteiger partial charge in [0.1, 0.15) is 23.9 Å². The van der Waals surface area contributed by atoms with E-state index in [4.69, 9.17) is 14.2 Å². The zero-order chi connectivity index (χ0) is 23.8. The van der Waals surface area contributed by atoms with Gasteiger partial charge >= 0.3 is 0 Å². The number of ether oxygens (including phenoxy) is 3. The molecule has 4 aromatic rings. The topological polar surface area (TPSA) is 49.7 Å². The molecule has 0 spiro atoms. The Labute approximate surface area is 199 Å². The Morgan fingerprint density at radius 2 is 1.82 bits per heavy atom. The van der Waals surface area contributed by atoms with Gasteiger partial charge in [-0.3, -0.25) is 4.79 Å². The molecular weight excluding hydrogens is 426 g/mol. The van der Waals surface area contributed by atoms with E-state index in [1.165, 1.54) is 11.1 Å². The van der Waals surface area contributed by atoms with Gasteiger partial charge in [-0.05, 0) is 68.3 Å². The highest BCUT2D eigenvalue weighted by atomic mass is 16.5. The number of allylic oxidation sites excluding steroid dienone is 1. The summed E-state index contributed by atoms with van der Waals surface area (Å²) >= 11 is 0. The van der Waals surface area contributed by atoms with Crippen LogP contribution in [0.5, 0.6) is 17.2 Å². The van der Waals surface area contributed by atoms with Crippen LogP contribution in [-0.2, 0) is 13.2 Å². The largest absolute Gasteiger partial charge is 0.497 e. The van der Waals surface area contributed by atoms with Crippen molar-refractivity contribution in [2.24, 2.45) is 0 Å². The summed E-state index contributed by atoms with van der Waals surface area (Å²) in [4.78, 5) is 13.0. The van der Waals surface area contributed by atoms with Gasteiger partial charge in [0.15, 0.2) is 5.76 Å². The Balaban J connectivity index is 1.42. The quantitative estimate of drug-likeness (QED) is 0.314. The molecule has 0 unspecified atom stereocenters. The Hall–Kier alpha value is -3.99. The number of ketones is 1. The van der Waals surface area contributed by atoms with E-state index in [0.29, 0.717) is 29.4 Å². The summed E-state index contributed by atoms with van der Waals surface area (Å²) in [5, 5.41) is 1.01. The molecule has 0 radical (unpaired) electrons. The lowest BCUT2D eigenvalue weighted by Gasteiger charge is -2.10. The predicted molar refractivity (Wildman–Crippen MR) is 134 cm³/mol. The first-order chi connectivity index (χ1) is 16.5. The summed E-state index contributed by atoms with van der Waals surface area (Å²) in [6, 6.07) is 17.7. The van der Waals surface area contributed by atoms with Crippen LogP contribution in [0.3, 0.4) is 0 Å². The van der Waals surface area contributed by atoms with Crippen molar-refractivity contribution in [2.45, 2.75) is 33.9 Å². The van der Waals surface area contributed by atoms with Gasteiger partial charge in [-0.1, -0.05) is 23.8 Å². The van der Waals surface area contributed by atoms with Crippen LogP contribution >= 0.6 is 0 Å². The number of hydrogen-bond acceptors (Lipinski definition) is 4. The molecule has 1 aromatic heterocycles. The maximum Gasteiger partial charge on any atom is 0.231 e. The van der Waals surface area contributed by atoms with Crippen LogP contribution in [-0.4, -0.2) is 17.5 Å². The summed E-state index contributed by atoms with van der Waals surface area (Å²) in [7, 11) is 1.65. The number of benzene rings is 3. The zero-order valence-electron chi connectivity index (χ0n) is 19.8. The van der Waals surface area contributed by atoms with Crippen LogP contribution in [0, 0.1) is 13.8 Å². The van der Waals surface area contributed by atoms with Crippen molar-refractivity contribution in [2.75, 3.05) is 7.11 Å². The highest BCUT2D eigenvalue weighted by Gasteiger charge is 2.28. The number of rotatable bonds is 6. The van der Waals surface area contributed by atoms with E-state index in [2.05, 4.69) is 43.5 Å². The number of aromatic nitrogens is 1. The van der Waals surface area contributed by atoms with Gasteiger partial charge < -0.3 is 18.8 Å². The monoisotopic (exact) mass is 453 g/mol. The van der Waals surface area contributed by atoms with Crippen molar-refractivity contribution in [1.29, 1.82) is 0 Å². The van der Waals surface area contributed by atoms with Crippen molar-refractivity contribution in [3.63, 3.8) is 0 Å². The molecule has 0 bridgehead atoms. The lowest BCUT2D eigenvalue weighted by Crippen LogP contribution is -1.99. The van der Waals surface area contributed by atoms with Gasteiger partial charge in [-0.2, -0.15) is 0 Å². The van der Waals surface area contributed by atoms with Gasteiger partial charge in [0.2, 0.25) is 5.78 Å². The molecule has 0 fully saturated rings. The Kier molecular flexibility index (Phi) is 5.62. The summed E-state index contributed by atoms with van der Waals surface area (Å²) < 4.78 is 19.6. The van der Waals surface area contributed by atoms with E-state index < -0.39 is 0 Å². The van der Waals surface area contributed by atoms with Gasteiger partial charge in [0.25, 0.3) is 0 Å². The molecule has 2 heterocycles. The summed E-state index contributed by atoms with van der Waals surface area (Å²) in [6.45, 7) is 7.52. The third kappa shape index (κ3) is 3.94. The molecule has 3 aromatic carbocycles. The zero-order valence-corrected chi connectivity index (χ0v) is 19.8. The van der Waals surface area contributed by atoms with Gasteiger partial charge in [-0.25, -0.2) is 0 Å². The highest BCUT2D eigenvalue weighted by molar-refractivity contribution is 6.15. The molecule has 1 aliphatic heterocycles. The van der Waals surface area contributed by atoms with Crippen molar-refractivity contribution >= 4 is 22.8 Å². The molecule has 0 aliphatic carbocycles. The minimum Gasteiger partial charge on any atom is -0.497 e. The minimum atomic E-state index is -0.128. The van der Waals surface area contributed by atoms with E-state index in [-0.39, 0.29) is 5.78 Å². The lowest BCUT2D eigenvalue weighted by molar-refractivity contribution is 0.101. The molecule has 5 heteroatoms. The van der Waals surface area contributed by atoms with Crippen molar-refractivity contribution < 1.29 is 19.0 Å². The van der Waals surface area contributed by atoms with E-state index in [0.717, 1.165) is 34.3 Å². The standard InChI is InChI=1S/C29H27NO4/c1-5-30-16-20(25-14-22(32-4)9-11-26(25)30)13-28-29(31)24-10-8-23(15-27(24)34-28)33-17-21-12-18(2)6-7-19(21)3/h6-16H,5,17H2,1-4H3. The number of nitrogens with zero attached hydrogens (tertiary/aromatic N) is 1. The Morgan fingerprint density at radius 1 is 1.00 bits per heavy atom. The molecule has 0 saturated heterocycles. The van der Waals surface area contributed by atoms with Crippen LogP contribution in [0.2, 0.25) is 0 Å². The first-order valence-electron chi connectivity index (χ1n) is 11.4. The molecule has 34 heavy (non-hydrogen) atoms. The summed E-state index contributed by atoms with van der Waals surface area (Å²) in [5.41, 5.74) is 6.07. The second-order valence-electron chi connectivity index (χ2n) is 8.57. The predicted octanol–water partition coefficient (Wildman–Crippen LogP) is 6.48. The fourth-order valence-electron chi connectivity index (χ4n) is 4.32. The van der Waals surface area contributed by atoms with Crippen LogP contribution < -0.4 is 14.2 Å². The number of methoxy groups -OCH3 is 1. The van der Waals surface area contributed by atoms with Gasteiger partial charge in [-0.15, -0.1) is 0 Å². The Morgan fingerprint density at radius 3 is 2.62 bits per heavy atom. The maximum absolute atomic E-state index is 13.0. The third-order valence-electron chi connectivity index (χ3n) is 6.29. The van der Waals surface area contributed by atoms with E-state index >= 15 is 0 Å². The second kappa shape index (κ2) is 8.75. The number of aryl methyl sites for hydroxylation is 3. The highest BCUT2D eigenvalue weighted by Crippen LogP contribution is 2.36. The summed E-state index contributed by atoms with van der Waals surface area (Å²) in [6.07, 6.45) is 3.85. The van der Waals surface area contributed by atoms with Crippen LogP contribution in [0.15, 0.2) is 66.6 Å². The number of Topliss-reactive ketones (excluding diaryl/α,β-unsaturated/α-hetero) is 1. The molecule has 0 N–H and O–H groups in total. The number of hydrogen-bond donors (Lipinski definition) is 0. The van der Waals surface area contributed by atoms with E-state index in [1.54, 1.807) is 19.2 Å². The second-order valence-corrected chi connectivity index (χ2v) is 8.57. The normalized spacial score (nSPS) is 13.9. The average Bonchev–Trinajstić information content (AvgIpc) is 3.36. The van der Waals surface area contributed by atoms with Crippen LogP contribution in [0.1, 0.15) is 39.5 Å². The van der Waals surface area contributed by atoms with E-state index in [9.17, 15) is 4.79 Å². The minimum absolute atomic E-state index is 0.128. The van der Waals surface area contributed by atoms with Crippen molar-refractivity contribution in [1.82, 2.24) is 4.57 Å². The molecule has 0 saturated carbocycles. The van der Waals surface area contributed by atoms with Gasteiger partial charge in [0.05, 0.1) is 12.7 Å². The molecule has 0 atom stereocenters. The average molecular weight is 454 g/mol. The molecule has 5 rings (SSSR count). The first-order valence-corrected chi connectivity index (χ1v) is 11.4. The SMILES string of the molecule is CCn1cc(C=C2Oc3cc(OCc4cc(C)ccc4C)ccc3C2=O)c2cc(OC)ccc21. The van der Waals surface area contributed by atoms with Crippen molar-refractivity contribution in [3.8, 4) is 17.2 Å². The van der Waals surface area contributed by atoms with Crippen LogP contribution in [0.25, 0.3) is 17.0 Å². The van der Waals surface area contributed by atoms with Crippen LogP contribution in [0.4, 0.5) is 0 Å². The smallest absolute Gasteiger partial charge is 0.231 e. The van der Waals surface area contributed by atoms with Crippen molar-refractivity contribution in [3.05, 3.63) is 94.4 Å². The Bertz CT molecular complexity index is 1440. The number of carbonyl (C=O) groups excluding carboxylic acids is 1. The first kappa shape index (κ1) is 21.8. The van der Waals surface area contributed by atoms with E-state index in [1.807, 2.05) is 36.5 Å². The summed E-state index contributed by atoms with van der Waals surface area (Å²) in [5.74, 6) is 2.14. The lowest BCUT2D eigenvalue weighted by atomic mass is 10.1. The number of fused-ring (bicyclic) bond motifs is 2.